The molecule has 0 bridgehead atoms. The maximum Gasteiger partial charge on any atom is 0.573 e. The first-order valence-electron chi connectivity index (χ1n) is 7.66. The number of halogens is 3. The molecule has 2 aromatic rings. The fourth-order valence-electron chi connectivity index (χ4n) is 2.24. The summed E-state index contributed by atoms with van der Waals surface area (Å²) in [5.41, 5.74) is 8.56. The monoisotopic (exact) mass is 355 g/mol. The fraction of sp³-hybridized carbons (Fsp3) is 0.375. The molecule has 136 valence electrons. The first-order chi connectivity index (χ1) is 11.8. The van der Waals surface area contributed by atoms with Gasteiger partial charge in [-0.3, -0.25) is 4.68 Å². The molecule has 0 atom stereocenters. The molecule has 1 aromatic heterocycles. The summed E-state index contributed by atoms with van der Waals surface area (Å²) in [4.78, 5) is 4.17. The van der Waals surface area contributed by atoms with E-state index < -0.39 is 6.36 Å². The Hall–Kier alpha value is -2.71. The summed E-state index contributed by atoms with van der Waals surface area (Å²) in [7, 11) is 1.85. The van der Waals surface area contributed by atoms with Crippen LogP contribution in [0.4, 0.5) is 13.2 Å². The molecule has 0 aliphatic heterocycles. The molecular formula is C16H20F3N5O. The molecule has 2 rings (SSSR count). The molecule has 6 nitrogen and oxygen atoms in total. The third-order valence-electron chi connectivity index (χ3n) is 3.38. The molecule has 25 heavy (non-hydrogen) atoms. The predicted octanol–water partition coefficient (Wildman–Crippen LogP) is 2.49. The highest BCUT2D eigenvalue weighted by Crippen LogP contribution is 2.22. The minimum absolute atomic E-state index is 0.249. The maximum atomic E-state index is 12.1. The molecular weight excluding hydrogens is 335 g/mol. The zero-order chi connectivity index (χ0) is 18.4. The van der Waals surface area contributed by atoms with Crippen LogP contribution in [0.5, 0.6) is 5.75 Å². The number of hydrogen-bond donors (Lipinski definition) is 2. The molecule has 0 fully saturated rings. The summed E-state index contributed by atoms with van der Waals surface area (Å²) in [6.07, 6.45) is -1.96. The molecule has 0 radical (unpaired) electrons. The number of aryl methyl sites for hydroxylation is 2. The van der Waals surface area contributed by atoms with Gasteiger partial charge in [-0.25, -0.2) is 4.99 Å². The second kappa shape index (κ2) is 7.91. The molecule has 0 unspecified atom stereocenters. The van der Waals surface area contributed by atoms with E-state index in [1.807, 2.05) is 20.2 Å². The van der Waals surface area contributed by atoms with Crippen molar-refractivity contribution in [1.82, 2.24) is 15.1 Å². The van der Waals surface area contributed by atoms with Crippen LogP contribution < -0.4 is 15.8 Å². The molecule has 0 amide bonds. The number of guanidine groups is 1. The van der Waals surface area contributed by atoms with Crippen LogP contribution in [0.1, 0.15) is 23.7 Å². The van der Waals surface area contributed by atoms with Gasteiger partial charge in [-0.2, -0.15) is 5.10 Å². The Labute approximate surface area is 143 Å². The summed E-state index contributed by atoms with van der Waals surface area (Å²) >= 11 is 0. The number of ether oxygens (including phenoxy) is 1. The van der Waals surface area contributed by atoms with Crippen LogP contribution in [-0.2, 0) is 26.6 Å². The van der Waals surface area contributed by atoms with Crippen molar-refractivity contribution in [1.29, 1.82) is 0 Å². The topological polar surface area (TPSA) is 77.5 Å². The number of alkyl halides is 3. The zero-order valence-electron chi connectivity index (χ0n) is 14.0. The lowest BCUT2D eigenvalue weighted by Gasteiger charge is -2.09. The highest BCUT2D eigenvalue weighted by molar-refractivity contribution is 5.77. The molecule has 1 heterocycles. The second-order valence-electron chi connectivity index (χ2n) is 5.38. The minimum atomic E-state index is -4.70. The van der Waals surface area contributed by atoms with Gasteiger partial charge in [-0.05, 0) is 24.1 Å². The lowest BCUT2D eigenvalue weighted by atomic mass is 10.2. The van der Waals surface area contributed by atoms with E-state index in [1.165, 1.54) is 24.3 Å². The van der Waals surface area contributed by atoms with Gasteiger partial charge in [0.25, 0.3) is 0 Å². The van der Waals surface area contributed by atoms with Gasteiger partial charge in [0.1, 0.15) is 5.75 Å². The quantitative estimate of drug-likeness (QED) is 0.616. The molecule has 0 saturated carbocycles. The van der Waals surface area contributed by atoms with Gasteiger partial charge in [-0.1, -0.05) is 19.1 Å². The van der Waals surface area contributed by atoms with E-state index in [2.05, 4.69) is 20.1 Å². The van der Waals surface area contributed by atoms with E-state index in [1.54, 1.807) is 4.68 Å². The fourth-order valence-corrected chi connectivity index (χ4v) is 2.24. The van der Waals surface area contributed by atoms with Crippen molar-refractivity contribution >= 4 is 5.96 Å². The molecule has 9 heteroatoms. The Morgan fingerprint density at radius 2 is 2.00 bits per heavy atom. The van der Waals surface area contributed by atoms with Crippen LogP contribution in [0, 0.1) is 0 Å². The van der Waals surface area contributed by atoms with Crippen molar-refractivity contribution < 1.29 is 17.9 Å². The molecule has 0 spiro atoms. The van der Waals surface area contributed by atoms with E-state index in [4.69, 9.17) is 5.73 Å². The Morgan fingerprint density at radius 3 is 2.60 bits per heavy atom. The third kappa shape index (κ3) is 6.02. The number of nitrogens with one attached hydrogen (secondary N) is 1. The number of hydrogen-bond acceptors (Lipinski definition) is 3. The first kappa shape index (κ1) is 18.6. The van der Waals surface area contributed by atoms with Crippen LogP contribution in [-0.4, -0.2) is 22.1 Å². The van der Waals surface area contributed by atoms with Crippen molar-refractivity contribution in [3.63, 3.8) is 0 Å². The van der Waals surface area contributed by atoms with Crippen LogP contribution in [0.2, 0.25) is 0 Å². The summed E-state index contributed by atoms with van der Waals surface area (Å²) < 4.78 is 41.9. The maximum absolute atomic E-state index is 12.1. The van der Waals surface area contributed by atoms with Gasteiger partial charge in [0, 0.05) is 25.4 Å². The number of aromatic nitrogens is 2. The Kier molecular flexibility index (Phi) is 5.89. The second-order valence-corrected chi connectivity index (χ2v) is 5.38. The SMILES string of the molecule is CCc1nn(C)cc1CNC(N)=NCc1ccc(OC(F)(F)F)cc1. The van der Waals surface area contributed by atoms with E-state index in [0.717, 1.165) is 23.2 Å². The van der Waals surface area contributed by atoms with Crippen molar-refractivity contribution in [2.24, 2.45) is 17.8 Å². The highest BCUT2D eigenvalue weighted by atomic mass is 19.4. The molecule has 3 N–H and O–H groups in total. The molecule has 0 aliphatic rings. The van der Waals surface area contributed by atoms with Gasteiger partial charge in [-0.15, -0.1) is 13.2 Å². The Bertz CT molecular complexity index is 722. The smallest absolute Gasteiger partial charge is 0.406 e. The standard InChI is InChI=1S/C16H20F3N5O/c1-3-14-12(10-24(2)23-14)9-22-15(20)21-8-11-4-6-13(7-5-11)25-16(17,18)19/h4-7,10H,3,8-9H2,1-2H3,(H3,20,21,22). The third-order valence-corrected chi connectivity index (χ3v) is 3.38. The molecule has 0 aliphatic carbocycles. The van der Waals surface area contributed by atoms with Crippen LogP contribution in [0.15, 0.2) is 35.5 Å². The normalized spacial score (nSPS) is 12.3. The Balaban J connectivity index is 1.88. The van der Waals surface area contributed by atoms with E-state index in [0.29, 0.717) is 6.54 Å². The van der Waals surface area contributed by atoms with E-state index in [-0.39, 0.29) is 18.3 Å². The van der Waals surface area contributed by atoms with E-state index >= 15 is 0 Å². The van der Waals surface area contributed by atoms with Gasteiger partial charge in [0.2, 0.25) is 0 Å². The van der Waals surface area contributed by atoms with Gasteiger partial charge >= 0.3 is 6.36 Å². The summed E-state index contributed by atoms with van der Waals surface area (Å²) in [5, 5.41) is 7.34. The number of nitrogens with two attached hydrogens (primary N) is 1. The minimum Gasteiger partial charge on any atom is -0.406 e. The number of aliphatic imine (C=N–C) groups is 1. The Morgan fingerprint density at radius 1 is 1.32 bits per heavy atom. The number of nitrogens with zero attached hydrogens (tertiary/aromatic N) is 3. The first-order valence-corrected chi connectivity index (χ1v) is 7.66. The van der Waals surface area contributed by atoms with Gasteiger partial charge < -0.3 is 15.8 Å². The lowest BCUT2D eigenvalue weighted by molar-refractivity contribution is -0.274. The van der Waals surface area contributed by atoms with E-state index in [9.17, 15) is 13.2 Å². The average molecular weight is 355 g/mol. The largest absolute Gasteiger partial charge is 0.573 e. The number of rotatable bonds is 6. The van der Waals surface area contributed by atoms with Gasteiger partial charge in [0.05, 0.1) is 12.2 Å². The summed E-state index contributed by atoms with van der Waals surface area (Å²) in [5.74, 6) is -0.0171. The van der Waals surface area contributed by atoms with Crippen LogP contribution in [0.25, 0.3) is 0 Å². The predicted molar refractivity (Wildman–Crippen MR) is 87.9 cm³/mol. The van der Waals surface area contributed by atoms with Crippen LogP contribution >= 0.6 is 0 Å². The summed E-state index contributed by atoms with van der Waals surface area (Å²) in [6, 6.07) is 5.50. The summed E-state index contributed by atoms with van der Waals surface area (Å²) in [6.45, 7) is 2.78. The average Bonchev–Trinajstić information content (AvgIpc) is 2.91. The highest BCUT2D eigenvalue weighted by Gasteiger charge is 2.30. The van der Waals surface area contributed by atoms with Crippen LogP contribution in [0.3, 0.4) is 0 Å². The zero-order valence-corrected chi connectivity index (χ0v) is 14.0. The molecule has 1 aromatic carbocycles. The molecule has 0 saturated heterocycles. The van der Waals surface area contributed by atoms with Crippen molar-refractivity contribution in [2.75, 3.05) is 0 Å². The lowest BCUT2D eigenvalue weighted by Crippen LogP contribution is -2.31. The van der Waals surface area contributed by atoms with Crippen molar-refractivity contribution in [2.45, 2.75) is 32.8 Å². The number of benzene rings is 1. The van der Waals surface area contributed by atoms with Crippen molar-refractivity contribution in [3.8, 4) is 5.75 Å². The van der Waals surface area contributed by atoms with Crippen molar-refractivity contribution in [3.05, 3.63) is 47.3 Å². The van der Waals surface area contributed by atoms with Gasteiger partial charge in [0.15, 0.2) is 5.96 Å².